The van der Waals surface area contributed by atoms with Crippen molar-refractivity contribution in [2.24, 2.45) is 0 Å². The van der Waals surface area contributed by atoms with Crippen LogP contribution >= 0.6 is 0 Å². The van der Waals surface area contributed by atoms with Gasteiger partial charge in [-0.15, -0.1) is 0 Å². The van der Waals surface area contributed by atoms with Gasteiger partial charge >= 0.3 is 0 Å². The molecule has 0 radical (unpaired) electrons. The van der Waals surface area contributed by atoms with Crippen LogP contribution in [0.2, 0.25) is 0 Å². The lowest BCUT2D eigenvalue weighted by Crippen LogP contribution is -2.36. The van der Waals surface area contributed by atoms with Crippen LogP contribution in [0, 0.1) is 0 Å². The minimum Gasteiger partial charge on any atom is -0.454 e. The van der Waals surface area contributed by atoms with Crippen LogP contribution in [0.1, 0.15) is 25.8 Å². The summed E-state index contributed by atoms with van der Waals surface area (Å²) in [5, 5.41) is 2.75. The number of carbonyl (C=O) groups is 1. The van der Waals surface area contributed by atoms with Gasteiger partial charge in [0.25, 0.3) is 0 Å². The summed E-state index contributed by atoms with van der Waals surface area (Å²) in [6, 6.07) is 5.33. The van der Waals surface area contributed by atoms with E-state index < -0.39 is 10.0 Å². The summed E-state index contributed by atoms with van der Waals surface area (Å²) in [4.78, 5) is 11.7. The molecule has 1 amide bonds. The van der Waals surface area contributed by atoms with Crippen LogP contribution in [0.4, 0.5) is 0 Å². The molecule has 0 atom stereocenters. The number of hydrogen-bond acceptors (Lipinski definition) is 5. The molecule has 1 N–H and O–H groups in total. The Morgan fingerprint density at radius 3 is 2.65 bits per heavy atom. The van der Waals surface area contributed by atoms with E-state index in [4.69, 9.17) is 9.47 Å². The summed E-state index contributed by atoms with van der Waals surface area (Å²) >= 11 is 0. The molecule has 0 aromatic heterocycles. The molecule has 7 nitrogen and oxygen atoms in total. The van der Waals surface area contributed by atoms with E-state index in [1.165, 1.54) is 4.31 Å². The molecule has 0 fully saturated rings. The molecule has 23 heavy (non-hydrogen) atoms. The molecule has 0 bridgehead atoms. The first-order chi connectivity index (χ1) is 10.8. The minimum absolute atomic E-state index is 0.0306. The molecule has 8 heteroatoms. The van der Waals surface area contributed by atoms with Gasteiger partial charge in [-0.2, -0.15) is 4.31 Å². The van der Waals surface area contributed by atoms with Crippen LogP contribution in [-0.2, 0) is 21.4 Å². The lowest BCUT2D eigenvalue weighted by Gasteiger charge is -2.20. The van der Waals surface area contributed by atoms with Gasteiger partial charge in [0.2, 0.25) is 22.7 Å². The first-order valence-corrected chi connectivity index (χ1v) is 9.23. The maximum absolute atomic E-state index is 11.9. The predicted octanol–water partition coefficient (Wildman–Crippen LogP) is 1.09. The lowest BCUT2D eigenvalue weighted by molar-refractivity contribution is -0.121. The van der Waals surface area contributed by atoms with Crippen LogP contribution in [0.3, 0.4) is 0 Å². The lowest BCUT2D eigenvalue weighted by atomic mass is 10.2. The fraction of sp³-hybridized carbons (Fsp3) is 0.533. The summed E-state index contributed by atoms with van der Waals surface area (Å²) in [5.41, 5.74) is 0.781. The molecular formula is C15H22N2O5S. The van der Waals surface area contributed by atoms with Gasteiger partial charge in [0.05, 0.1) is 6.26 Å². The molecule has 1 aromatic carbocycles. The zero-order valence-electron chi connectivity index (χ0n) is 13.5. The summed E-state index contributed by atoms with van der Waals surface area (Å²) in [5.74, 6) is 1.09. The molecule has 0 saturated carbocycles. The maximum atomic E-state index is 11.9. The van der Waals surface area contributed by atoms with Gasteiger partial charge in [0, 0.05) is 25.6 Å². The molecule has 1 aliphatic heterocycles. The first kappa shape index (κ1) is 17.6. The number of benzene rings is 1. The van der Waals surface area contributed by atoms with E-state index in [1.54, 1.807) is 18.2 Å². The number of sulfonamides is 1. The number of hydrogen-bond donors (Lipinski definition) is 1. The van der Waals surface area contributed by atoms with Crippen LogP contribution in [0.15, 0.2) is 18.2 Å². The van der Waals surface area contributed by atoms with Gasteiger partial charge in [-0.3, -0.25) is 4.79 Å². The normalized spacial score (nSPS) is 13.6. The van der Waals surface area contributed by atoms with Crippen molar-refractivity contribution in [3.8, 4) is 11.5 Å². The first-order valence-electron chi connectivity index (χ1n) is 7.38. The van der Waals surface area contributed by atoms with Crippen molar-refractivity contribution in [3.05, 3.63) is 23.8 Å². The molecule has 2 rings (SSSR count). The number of carbonyl (C=O) groups excluding carboxylic acids is 1. The van der Waals surface area contributed by atoms with Gasteiger partial charge in [-0.25, -0.2) is 8.42 Å². The third-order valence-electron chi connectivity index (χ3n) is 3.30. The minimum atomic E-state index is -3.42. The molecule has 0 spiro atoms. The van der Waals surface area contributed by atoms with Crippen LogP contribution in [-0.4, -0.2) is 44.3 Å². The van der Waals surface area contributed by atoms with Crippen molar-refractivity contribution >= 4 is 15.9 Å². The Kier molecular flexibility index (Phi) is 5.48. The summed E-state index contributed by atoms with van der Waals surface area (Å²) in [7, 11) is -3.42. The zero-order valence-corrected chi connectivity index (χ0v) is 14.4. The van der Waals surface area contributed by atoms with Crippen molar-refractivity contribution in [1.29, 1.82) is 0 Å². The Morgan fingerprint density at radius 2 is 2.00 bits per heavy atom. The van der Waals surface area contributed by atoms with Crippen LogP contribution in [0.5, 0.6) is 11.5 Å². The van der Waals surface area contributed by atoms with Crippen molar-refractivity contribution in [2.45, 2.75) is 32.9 Å². The van der Waals surface area contributed by atoms with Crippen molar-refractivity contribution in [2.75, 3.05) is 19.6 Å². The third kappa shape index (κ3) is 5.11. The van der Waals surface area contributed by atoms with Gasteiger partial charge < -0.3 is 14.8 Å². The fourth-order valence-corrected chi connectivity index (χ4v) is 3.03. The highest BCUT2D eigenvalue weighted by Crippen LogP contribution is 2.32. The van der Waals surface area contributed by atoms with Gasteiger partial charge in [-0.1, -0.05) is 6.07 Å². The predicted molar refractivity (Wildman–Crippen MR) is 85.7 cm³/mol. The molecule has 1 aliphatic rings. The SMILES string of the molecule is CC(C)NC(=O)CCN(Cc1ccc2c(c1)OCO2)S(C)(=O)=O. The number of rotatable bonds is 7. The van der Waals surface area contributed by atoms with E-state index >= 15 is 0 Å². The van der Waals surface area contributed by atoms with Crippen LogP contribution < -0.4 is 14.8 Å². The second-order valence-electron chi connectivity index (χ2n) is 5.76. The number of nitrogens with one attached hydrogen (secondary N) is 1. The summed E-state index contributed by atoms with van der Waals surface area (Å²) in [6.07, 6.45) is 1.26. The highest BCUT2D eigenvalue weighted by Gasteiger charge is 2.20. The van der Waals surface area contributed by atoms with E-state index in [9.17, 15) is 13.2 Å². The molecule has 0 saturated heterocycles. The number of amides is 1. The molecule has 0 unspecified atom stereocenters. The van der Waals surface area contributed by atoms with Crippen molar-refractivity contribution < 1.29 is 22.7 Å². The number of fused-ring (bicyclic) bond motifs is 1. The zero-order chi connectivity index (χ0) is 17.0. The Labute approximate surface area is 136 Å². The highest BCUT2D eigenvalue weighted by molar-refractivity contribution is 7.88. The Hall–Kier alpha value is -1.80. The molecular weight excluding hydrogens is 320 g/mol. The Morgan fingerprint density at radius 1 is 1.30 bits per heavy atom. The number of nitrogens with zero attached hydrogens (tertiary/aromatic N) is 1. The summed E-state index contributed by atoms with van der Waals surface area (Å²) in [6.45, 7) is 4.21. The van der Waals surface area contributed by atoms with E-state index in [0.29, 0.717) is 11.5 Å². The smallest absolute Gasteiger partial charge is 0.231 e. The second-order valence-corrected chi connectivity index (χ2v) is 7.74. The van der Waals surface area contributed by atoms with Crippen molar-refractivity contribution in [1.82, 2.24) is 9.62 Å². The van der Waals surface area contributed by atoms with Gasteiger partial charge in [0.15, 0.2) is 11.5 Å². The average Bonchev–Trinajstić information content (AvgIpc) is 2.88. The van der Waals surface area contributed by atoms with Crippen molar-refractivity contribution in [3.63, 3.8) is 0 Å². The monoisotopic (exact) mass is 342 g/mol. The summed E-state index contributed by atoms with van der Waals surface area (Å²) < 4.78 is 35.7. The fourth-order valence-electron chi connectivity index (χ4n) is 2.23. The van der Waals surface area contributed by atoms with E-state index in [-0.39, 0.29) is 38.3 Å². The van der Waals surface area contributed by atoms with E-state index in [2.05, 4.69) is 5.32 Å². The van der Waals surface area contributed by atoms with Crippen LogP contribution in [0.25, 0.3) is 0 Å². The van der Waals surface area contributed by atoms with Gasteiger partial charge in [-0.05, 0) is 31.5 Å². The molecule has 1 heterocycles. The Balaban J connectivity index is 2.03. The molecule has 1 aromatic rings. The van der Waals surface area contributed by atoms with Gasteiger partial charge in [0.1, 0.15) is 0 Å². The Bertz CT molecular complexity index is 672. The van der Waals surface area contributed by atoms with E-state index in [0.717, 1.165) is 11.8 Å². The molecule has 0 aliphatic carbocycles. The largest absolute Gasteiger partial charge is 0.454 e. The topological polar surface area (TPSA) is 84.9 Å². The quantitative estimate of drug-likeness (QED) is 0.802. The third-order valence-corrected chi connectivity index (χ3v) is 4.55. The average molecular weight is 342 g/mol. The highest BCUT2D eigenvalue weighted by atomic mass is 32.2. The standard InChI is InChI=1S/C15H22N2O5S/c1-11(2)16-15(18)6-7-17(23(3,19)20)9-12-4-5-13-14(8-12)22-10-21-13/h4-5,8,11H,6-7,9-10H2,1-3H3,(H,16,18). The second kappa shape index (κ2) is 7.18. The van der Waals surface area contributed by atoms with E-state index in [1.807, 2.05) is 13.8 Å². The molecule has 128 valence electrons. The maximum Gasteiger partial charge on any atom is 0.231 e. The number of ether oxygens (including phenoxy) is 2.